The molecule has 0 bridgehead atoms. The number of likely N-dealkylation sites (N-methyl/N-ethyl adjacent to an activating group) is 1. The van der Waals surface area contributed by atoms with Crippen molar-refractivity contribution in [3.8, 4) is 11.8 Å². The number of carbonyl (C=O) groups excluding carboxylic acids is 3. The molecule has 7 nitrogen and oxygen atoms in total. The number of amides is 1. The predicted octanol–water partition coefficient (Wildman–Crippen LogP) is 2.88. The summed E-state index contributed by atoms with van der Waals surface area (Å²) in [5.74, 6) is -0.721. The van der Waals surface area contributed by atoms with Gasteiger partial charge < -0.3 is 14.4 Å². The highest BCUT2D eigenvalue weighted by Crippen LogP contribution is 2.32. The van der Waals surface area contributed by atoms with Gasteiger partial charge in [-0.25, -0.2) is 4.79 Å². The number of nitriles is 1. The second kappa shape index (κ2) is 9.36. The van der Waals surface area contributed by atoms with Gasteiger partial charge in [0.15, 0.2) is 18.5 Å². The molecule has 0 N–H and O–H groups in total. The lowest BCUT2D eigenvalue weighted by Gasteiger charge is -2.39. The van der Waals surface area contributed by atoms with E-state index in [0.29, 0.717) is 24.2 Å². The van der Waals surface area contributed by atoms with Crippen molar-refractivity contribution in [3.05, 3.63) is 29.8 Å². The van der Waals surface area contributed by atoms with Gasteiger partial charge in [-0.3, -0.25) is 9.59 Å². The van der Waals surface area contributed by atoms with E-state index in [4.69, 9.17) is 9.47 Å². The zero-order valence-electron chi connectivity index (χ0n) is 16.6. The summed E-state index contributed by atoms with van der Waals surface area (Å²) in [5.41, 5.74) is -0.281. The Kier molecular flexibility index (Phi) is 7.16. The topological polar surface area (TPSA) is 96.7 Å². The number of esters is 1. The van der Waals surface area contributed by atoms with Gasteiger partial charge in [-0.05, 0) is 51.0 Å². The van der Waals surface area contributed by atoms with Crippen LogP contribution in [0.3, 0.4) is 0 Å². The van der Waals surface area contributed by atoms with Crippen LogP contribution in [0.15, 0.2) is 24.3 Å². The van der Waals surface area contributed by atoms with Gasteiger partial charge in [-0.1, -0.05) is 19.3 Å². The Morgan fingerprint density at radius 1 is 1.18 bits per heavy atom. The number of nitrogens with zero attached hydrogens (tertiary/aromatic N) is 2. The van der Waals surface area contributed by atoms with Gasteiger partial charge in [0.05, 0.1) is 6.07 Å². The minimum absolute atomic E-state index is 0.0597. The first kappa shape index (κ1) is 21.4. The van der Waals surface area contributed by atoms with Crippen molar-refractivity contribution in [3.63, 3.8) is 0 Å². The third-order valence-electron chi connectivity index (χ3n) is 5.13. The summed E-state index contributed by atoms with van der Waals surface area (Å²) in [6.45, 7) is 2.60. The molecule has 1 aliphatic rings. The SMILES string of the molecule is CC(=O)c1ccc(OCC(=O)O[C@@H](C)C(=O)N(C)C2(C#N)CCCCC2)cc1. The Labute approximate surface area is 165 Å². The van der Waals surface area contributed by atoms with E-state index in [1.807, 2.05) is 0 Å². The molecular weight excluding hydrogens is 360 g/mol. The number of Topliss-reactive ketones (excluding diaryl/α,β-unsaturated/α-hetero) is 1. The van der Waals surface area contributed by atoms with Crippen molar-refractivity contribution >= 4 is 17.7 Å². The van der Waals surface area contributed by atoms with Crippen LogP contribution in [0.5, 0.6) is 5.75 Å². The lowest BCUT2D eigenvalue weighted by molar-refractivity contribution is -0.162. The summed E-state index contributed by atoms with van der Waals surface area (Å²) in [6, 6.07) is 8.67. The van der Waals surface area contributed by atoms with E-state index >= 15 is 0 Å². The van der Waals surface area contributed by atoms with Gasteiger partial charge in [-0.15, -0.1) is 0 Å². The van der Waals surface area contributed by atoms with Gasteiger partial charge in [-0.2, -0.15) is 5.26 Å². The molecule has 0 radical (unpaired) electrons. The Morgan fingerprint density at radius 2 is 1.79 bits per heavy atom. The Morgan fingerprint density at radius 3 is 2.32 bits per heavy atom. The predicted molar refractivity (Wildman–Crippen MR) is 102 cm³/mol. The second-order valence-electron chi connectivity index (χ2n) is 7.10. The molecule has 1 atom stereocenters. The van der Waals surface area contributed by atoms with E-state index in [0.717, 1.165) is 19.3 Å². The Balaban J connectivity index is 1.87. The molecule has 7 heteroatoms. The van der Waals surface area contributed by atoms with E-state index < -0.39 is 23.5 Å². The highest BCUT2D eigenvalue weighted by molar-refractivity contribution is 5.94. The van der Waals surface area contributed by atoms with Crippen LogP contribution in [0.25, 0.3) is 0 Å². The third kappa shape index (κ3) is 5.10. The number of benzene rings is 1. The zero-order valence-corrected chi connectivity index (χ0v) is 16.6. The zero-order chi connectivity index (χ0) is 20.7. The molecule has 1 fully saturated rings. The fourth-order valence-electron chi connectivity index (χ4n) is 3.35. The molecule has 0 saturated heterocycles. The molecule has 1 amide bonds. The lowest BCUT2D eigenvalue weighted by Crippen LogP contribution is -2.53. The largest absolute Gasteiger partial charge is 0.482 e. The molecule has 0 aromatic heterocycles. The number of ketones is 1. The van der Waals surface area contributed by atoms with Crippen LogP contribution in [-0.4, -0.2) is 47.9 Å². The van der Waals surface area contributed by atoms with Crippen LogP contribution in [0, 0.1) is 11.3 Å². The summed E-state index contributed by atoms with van der Waals surface area (Å²) >= 11 is 0. The van der Waals surface area contributed by atoms with Crippen molar-refractivity contribution in [1.82, 2.24) is 4.90 Å². The summed E-state index contributed by atoms with van der Waals surface area (Å²) in [7, 11) is 1.59. The summed E-state index contributed by atoms with van der Waals surface area (Å²) in [6.07, 6.45) is 3.11. The molecule has 1 saturated carbocycles. The van der Waals surface area contributed by atoms with E-state index in [-0.39, 0.29) is 12.4 Å². The van der Waals surface area contributed by atoms with Crippen LogP contribution in [0.1, 0.15) is 56.3 Å². The number of hydrogen-bond acceptors (Lipinski definition) is 6. The molecule has 0 heterocycles. The van der Waals surface area contributed by atoms with Gasteiger partial charge in [0.1, 0.15) is 11.3 Å². The summed E-state index contributed by atoms with van der Waals surface area (Å²) < 4.78 is 10.5. The van der Waals surface area contributed by atoms with Crippen molar-refractivity contribution in [1.29, 1.82) is 5.26 Å². The van der Waals surface area contributed by atoms with Crippen molar-refractivity contribution in [2.75, 3.05) is 13.7 Å². The highest BCUT2D eigenvalue weighted by Gasteiger charge is 2.40. The van der Waals surface area contributed by atoms with Crippen LogP contribution in [0.4, 0.5) is 0 Å². The van der Waals surface area contributed by atoms with Crippen LogP contribution in [0.2, 0.25) is 0 Å². The molecule has 2 rings (SSSR count). The van der Waals surface area contributed by atoms with Crippen LogP contribution >= 0.6 is 0 Å². The van der Waals surface area contributed by atoms with Crippen molar-refractivity contribution < 1.29 is 23.9 Å². The minimum Gasteiger partial charge on any atom is -0.482 e. The second-order valence-corrected chi connectivity index (χ2v) is 7.10. The molecule has 1 aliphatic carbocycles. The summed E-state index contributed by atoms with van der Waals surface area (Å²) in [4.78, 5) is 37.3. The smallest absolute Gasteiger partial charge is 0.344 e. The fourth-order valence-corrected chi connectivity index (χ4v) is 3.35. The number of rotatable bonds is 7. The molecule has 0 aliphatic heterocycles. The number of carbonyl (C=O) groups is 3. The Hall–Kier alpha value is -2.88. The third-order valence-corrected chi connectivity index (χ3v) is 5.13. The molecule has 150 valence electrons. The van der Waals surface area contributed by atoms with Gasteiger partial charge in [0.25, 0.3) is 5.91 Å². The monoisotopic (exact) mass is 386 g/mol. The van der Waals surface area contributed by atoms with Gasteiger partial charge in [0, 0.05) is 12.6 Å². The van der Waals surface area contributed by atoms with E-state index in [9.17, 15) is 19.6 Å². The molecule has 0 unspecified atom stereocenters. The van der Waals surface area contributed by atoms with Crippen molar-refractivity contribution in [2.45, 2.75) is 57.6 Å². The minimum atomic E-state index is -1.01. The Bertz CT molecular complexity index is 760. The van der Waals surface area contributed by atoms with E-state index in [2.05, 4.69) is 6.07 Å². The molecule has 1 aromatic rings. The number of hydrogen-bond donors (Lipinski definition) is 0. The average molecular weight is 386 g/mol. The maximum Gasteiger partial charge on any atom is 0.344 e. The van der Waals surface area contributed by atoms with Crippen LogP contribution in [-0.2, 0) is 14.3 Å². The number of ether oxygens (including phenoxy) is 2. The average Bonchev–Trinajstić information content (AvgIpc) is 2.71. The van der Waals surface area contributed by atoms with Crippen LogP contribution < -0.4 is 4.74 Å². The van der Waals surface area contributed by atoms with E-state index in [1.54, 1.807) is 31.3 Å². The quantitative estimate of drug-likeness (QED) is 0.528. The fraction of sp³-hybridized carbons (Fsp3) is 0.524. The molecule has 28 heavy (non-hydrogen) atoms. The molecule has 0 spiro atoms. The lowest BCUT2D eigenvalue weighted by atomic mass is 9.81. The standard InChI is InChI=1S/C21H26N2O5/c1-15(24)17-7-9-18(10-8-17)27-13-19(25)28-16(2)20(26)23(3)21(14-22)11-5-4-6-12-21/h7-10,16H,4-6,11-13H2,1-3H3/t16-/m0/s1. The maximum atomic E-state index is 12.6. The molecular formula is C21H26N2O5. The first-order chi connectivity index (χ1) is 13.3. The van der Waals surface area contributed by atoms with Gasteiger partial charge in [0.2, 0.25) is 0 Å². The normalized spacial score (nSPS) is 16.4. The highest BCUT2D eigenvalue weighted by atomic mass is 16.6. The van der Waals surface area contributed by atoms with Crippen molar-refractivity contribution in [2.24, 2.45) is 0 Å². The maximum absolute atomic E-state index is 12.6. The first-order valence-corrected chi connectivity index (χ1v) is 9.41. The summed E-state index contributed by atoms with van der Waals surface area (Å²) in [5, 5.41) is 9.60. The van der Waals surface area contributed by atoms with E-state index in [1.165, 1.54) is 18.7 Å². The van der Waals surface area contributed by atoms with Gasteiger partial charge >= 0.3 is 5.97 Å². The molecule has 1 aromatic carbocycles. The first-order valence-electron chi connectivity index (χ1n) is 9.41.